The zero-order valence-corrected chi connectivity index (χ0v) is 18.0. The molecule has 1 amide bonds. The zero-order chi connectivity index (χ0) is 21.0. The Morgan fingerprint density at radius 2 is 1.83 bits per heavy atom. The molecule has 3 aromatic heterocycles. The van der Waals surface area contributed by atoms with Gasteiger partial charge in [0, 0.05) is 29.2 Å². The van der Waals surface area contributed by atoms with Gasteiger partial charge in [0.2, 0.25) is 0 Å². The second-order valence-electron chi connectivity index (χ2n) is 6.26. The summed E-state index contributed by atoms with van der Waals surface area (Å²) in [5, 5.41) is 4.44. The number of carbonyl (C=O) groups excluding carboxylic acids is 1. The number of hydrogen-bond donors (Lipinski definition) is 1. The molecule has 0 saturated carbocycles. The molecule has 0 bridgehead atoms. The molecule has 148 valence electrons. The number of thiophene rings is 1. The smallest absolute Gasteiger partial charge is 0.320 e. The average molecular weight is 470 g/mol. The number of benzene rings is 1. The number of fused-ring (bicyclic) bond motifs is 2. The van der Waals surface area contributed by atoms with Gasteiger partial charge < -0.3 is 5.32 Å². The van der Waals surface area contributed by atoms with Crippen LogP contribution < -0.4 is 16.6 Å². The standard InChI is InChI=1S/C18H11Cl3N4O3S/c1-24-15-9(17(27)25(2)18(24)28)5-8(6-22-15)23-16(26)14-13(21)12-10(20)3-7(19)4-11(12)29-14/h3-6H,1-2H3,(H,23,26). The van der Waals surface area contributed by atoms with Gasteiger partial charge in [-0.15, -0.1) is 11.3 Å². The molecule has 0 fully saturated rings. The van der Waals surface area contributed by atoms with E-state index in [1.54, 1.807) is 12.1 Å². The quantitative estimate of drug-likeness (QED) is 0.480. The van der Waals surface area contributed by atoms with Gasteiger partial charge in [0.05, 0.1) is 27.3 Å². The Morgan fingerprint density at radius 3 is 2.55 bits per heavy atom. The van der Waals surface area contributed by atoms with Crippen LogP contribution in [0.3, 0.4) is 0 Å². The highest BCUT2D eigenvalue weighted by Crippen LogP contribution is 2.41. The molecule has 1 aromatic carbocycles. The Kier molecular flexibility index (Phi) is 4.90. The van der Waals surface area contributed by atoms with Gasteiger partial charge in [-0.05, 0) is 18.2 Å². The number of aryl methyl sites for hydroxylation is 1. The second kappa shape index (κ2) is 7.14. The Hall–Kier alpha value is -2.39. The van der Waals surface area contributed by atoms with Crippen LogP contribution in [0.1, 0.15) is 9.67 Å². The van der Waals surface area contributed by atoms with Crippen molar-refractivity contribution in [1.29, 1.82) is 0 Å². The highest BCUT2D eigenvalue weighted by Gasteiger charge is 2.20. The van der Waals surface area contributed by atoms with Crippen LogP contribution in [0.4, 0.5) is 5.69 Å². The number of carbonyl (C=O) groups is 1. The lowest BCUT2D eigenvalue weighted by Crippen LogP contribution is -2.37. The minimum Gasteiger partial charge on any atom is -0.320 e. The maximum absolute atomic E-state index is 12.8. The molecule has 0 radical (unpaired) electrons. The van der Waals surface area contributed by atoms with E-state index in [4.69, 9.17) is 34.8 Å². The minimum absolute atomic E-state index is 0.199. The molecule has 29 heavy (non-hydrogen) atoms. The van der Waals surface area contributed by atoms with Crippen molar-refractivity contribution in [1.82, 2.24) is 14.1 Å². The summed E-state index contributed by atoms with van der Waals surface area (Å²) in [5.41, 5.74) is -0.485. The molecular formula is C18H11Cl3N4O3S. The maximum Gasteiger partial charge on any atom is 0.332 e. The Bertz CT molecular complexity index is 1460. The average Bonchev–Trinajstić information content (AvgIpc) is 3.01. The lowest BCUT2D eigenvalue weighted by Gasteiger charge is -2.09. The van der Waals surface area contributed by atoms with E-state index in [0.717, 1.165) is 15.9 Å². The number of aromatic nitrogens is 3. The van der Waals surface area contributed by atoms with Gasteiger partial charge in [-0.2, -0.15) is 0 Å². The number of halogens is 3. The third-order valence-corrected chi connectivity index (χ3v) is 6.55. The summed E-state index contributed by atoms with van der Waals surface area (Å²) in [6.45, 7) is 0. The van der Waals surface area contributed by atoms with Gasteiger partial charge in [0.1, 0.15) is 10.5 Å². The molecule has 11 heteroatoms. The van der Waals surface area contributed by atoms with Gasteiger partial charge in [0.15, 0.2) is 0 Å². The van der Waals surface area contributed by atoms with Crippen molar-refractivity contribution in [3.63, 3.8) is 0 Å². The molecule has 1 N–H and O–H groups in total. The summed E-state index contributed by atoms with van der Waals surface area (Å²) in [5.74, 6) is -0.480. The summed E-state index contributed by atoms with van der Waals surface area (Å²) in [6.07, 6.45) is 1.37. The summed E-state index contributed by atoms with van der Waals surface area (Å²) in [6, 6.07) is 4.70. The molecule has 0 aliphatic carbocycles. The van der Waals surface area contributed by atoms with Crippen LogP contribution in [0.25, 0.3) is 21.1 Å². The normalized spacial score (nSPS) is 11.3. The number of anilines is 1. The molecule has 0 aliphatic rings. The van der Waals surface area contributed by atoms with Gasteiger partial charge in [-0.1, -0.05) is 34.8 Å². The van der Waals surface area contributed by atoms with Crippen molar-refractivity contribution < 1.29 is 4.79 Å². The van der Waals surface area contributed by atoms with E-state index in [9.17, 15) is 14.4 Å². The SMILES string of the molecule is Cn1c(=O)c2cc(NC(=O)c3sc4cc(Cl)cc(Cl)c4c3Cl)cnc2n(C)c1=O. The Labute approximate surface area is 182 Å². The molecule has 3 heterocycles. The van der Waals surface area contributed by atoms with E-state index in [2.05, 4.69) is 10.3 Å². The van der Waals surface area contributed by atoms with Crippen molar-refractivity contribution in [3.05, 3.63) is 65.2 Å². The summed E-state index contributed by atoms with van der Waals surface area (Å²) < 4.78 is 2.92. The number of nitrogens with one attached hydrogen (secondary N) is 1. The monoisotopic (exact) mass is 468 g/mol. The largest absolute Gasteiger partial charge is 0.332 e. The van der Waals surface area contributed by atoms with Crippen molar-refractivity contribution >= 4 is 78.9 Å². The third-order valence-electron chi connectivity index (χ3n) is 4.41. The van der Waals surface area contributed by atoms with E-state index in [1.807, 2.05) is 0 Å². The van der Waals surface area contributed by atoms with Crippen LogP contribution in [-0.4, -0.2) is 20.0 Å². The third kappa shape index (κ3) is 3.22. The molecule has 4 rings (SSSR count). The van der Waals surface area contributed by atoms with Crippen LogP contribution >= 0.6 is 46.1 Å². The fraction of sp³-hybridized carbons (Fsp3) is 0.111. The fourth-order valence-electron chi connectivity index (χ4n) is 2.98. The number of hydrogen-bond acceptors (Lipinski definition) is 5. The molecule has 0 saturated heterocycles. The molecule has 0 spiro atoms. The molecular weight excluding hydrogens is 459 g/mol. The summed E-state index contributed by atoms with van der Waals surface area (Å²) in [4.78, 5) is 41.6. The van der Waals surface area contributed by atoms with Gasteiger partial charge in [-0.3, -0.25) is 18.7 Å². The predicted octanol–water partition coefficient (Wildman–Crippen LogP) is 4.06. The topological polar surface area (TPSA) is 86.0 Å². The van der Waals surface area contributed by atoms with Crippen molar-refractivity contribution in [2.24, 2.45) is 14.1 Å². The van der Waals surface area contributed by atoms with Crippen LogP contribution in [0.5, 0.6) is 0 Å². The summed E-state index contributed by atoms with van der Waals surface area (Å²) in [7, 11) is 2.89. The van der Waals surface area contributed by atoms with E-state index in [1.165, 1.54) is 30.9 Å². The number of rotatable bonds is 2. The molecule has 7 nitrogen and oxygen atoms in total. The van der Waals surface area contributed by atoms with E-state index in [-0.39, 0.29) is 26.6 Å². The van der Waals surface area contributed by atoms with E-state index >= 15 is 0 Å². The van der Waals surface area contributed by atoms with Crippen LogP contribution in [0.15, 0.2) is 34.0 Å². The summed E-state index contributed by atoms with van der Waals surface area (Å²) >= 11 is 19.7. The Balaban J connectivity index is 1.78. The van der Waals surface area contributed by atoms with E-state index < -0.39 is 17.2 Å². The van der Waals surface area contributed by atoms with Crippen molar-refractivity contribution in [2.45, 2.75) is 0 Å². The lowest BCUT2D eigenvalue weighted by atomic mass is 10.2. The molecule has 0 aliphatic heterocycles. The minimum atomic E-state index is -0.506. The van der Waals surface area contributed by atoms with Crippen molar-refractivity contribution in [2.75, 3.05) is 5.32 Å². The zero-order valence-electron chi connectivity index (χ0n) is 14.9. The van der Waals surface area contributed by atoms with Crippen LogP contribution in [0.2, 0.25) is 15.1 Å². The van der Waals surface area contributed by atoms with Crippen molar-refractivity contribution in [3.8, 4) is 0 Å². The number of pyridine rings is 1. The first-order chi connectivity index (χ1) is 13.7. The number of nitrogens with zero attached hydrogens (tertiary/aromatic N) is 3. The highest BCUT2D eigenvalue weighted by atomic mass is 35.5. The molecule has 0 unspecified atom stereocenters. The predicted molar refractivity (Wildman–Crippen MR) is 117 cm³/mol. The molecule has 4 aromatic rings. The fourth-order valence-corrected chi connectivity index (χ4v) is 5.25. The second-order valence-corrected chi connectivity index (χ2v) is 8.53. The van der Waals surface area contributed by atoms with Crippen LogP contribution in [0, 0.1) is 0 Å². The lowest BCUT2D eigenvalue weighted by molar-refractivity contribution is 0.103. The van der Waals surface area contributed by atoms with E-state index in [0.29, 0.717) is 20.1 Å². The van der Waals surface area contributed by atoms with Gasteiger partial charge >= 0.3 is 5.69 Å². The maximum atomic E-state index is 12.8. The Morgan fingerprint density at radius 1 is 1.10 bits per heavy atom. The van der Waals surface area contributed by atoms with Gasteiger partial charge in [0.25, 0.3) is 11.5 Å². The van der Waals surface area contributed by atoms with Crippen LogP contribution in [-0.2, 0) is 14.1 Å². The first kappa shape index (κ1) is 19.9. The number of amides is 1. The first-order valence-corrected chi connectivity index (χ1v) is 10.1. The highest BCUT2D eigenvalue weighted by molar-refractivity contribution is 7.21. The van der Waals surface area contributed by atoms with Gasteiger partial charge in [-0.25, -0.2) is 9.78 Å². The first-order valence-electron chi connectivity index (χ1n) is 8.13. The molecule has 0 atom stereocenters.